The molecule has 6 heteroatoms. The number of hydrogen-bond acceptors (Lipinski definition) is 5. The number of fused-ring (bicyclic) bond motifs is 1. The highest BCUT2D eigenvalue weighted by Gasteiger charge is 2.24. The molecular formula is C24H20ClNO4. The van der Waals surface area contributed by atoms with E-state index in [1.54, 1.807) is 18.2 Å². The van der Waals surface area contributed by atoms with E-state index in [0.717, 1.165) is 16.3 Å². The van der Waals surface area contributed by atoms with Crippen molar-refractivity contribution in [3.05, 3.63) is 76.4 Å². The van der Waals surface area contributed by atoms with Crippen LogP contribution in [0, 0.1) is 0 Å². The largest absolute Gasteiger partial charge is 0.490 e. The molecule has 1 aliphatic rings. The summed E-state index contributed by atoms with van der Waals surface area (Å²) in [5.41, 5.74) is 1.60. The minimum absolute atomic E-state index is 0.195. The van der Waals surface area contributed by atoms with E-state index in [1.807, 2.05) is 56.3 Å². The van der Waals surface area contributed by atoms with E-state index < -0.39 is 5.97 Å². The van der Waals surface area contributed by atoms with Gasteiger partial charge in [0.25, 0.3) is 0 Å². The topological polar surface area (TPSA) is 57.1 Å². The zero-order chi connectivity index (χ0) is 21.1. The van der Waals surface area contributed by atoms with Crippen LogP contribution in [0.1, 0.15) is 25.0 Å². The summed E-state index contributed by atoms with van der Waals surface area (Å²) in [6.07, 6.45) is 1.63. The third-order valence-corrected chi connectivity index (χ3v) is 4.82. The first-order chi connectivity index (χ1) is 14.6. The van der Waals surface area contributed by atoms with E-state index in [4.69, 9.17) is 25.8 Å². The first-order valence-corrected chi connectivity index (χ1v) is 10.1. The minimum Gasteiger partial charge on any atom is -0.490 e. The third kappa shape index (κ3) is 4.02. The van der Waals surface area contributed by atoms with Gasteiger partial charge in [-0.1, -0.05) is 41.9 Å². The van der Waals surface area contributed by atoms with E-state index in [2.05, 4.69) is 4.99 Å². The third-order valence-electron chi connectivity index (χ3n) is 4.54. The lowest BCUT2D eigenvalue weighted by Gasteiger charge is -2.13. The number of carbonyl (C=O) groups is 1. The summed E-state index contributed by atoms with van der Waals surface area (Å²) in [6, 6.07) is 17.3. The Kier molecular flexibility index (Phi) is 5.72. The lowest BCUT2D eigenvalue weighted by molar-refractivity contribution is -0.129. The van der Waals surface area contributed by atoms with Crippen molar-refractivity contribution in [1.82, 2.24) is 0 Å². The van der Waals surface area contributed by atoms with Crippen LogP contribution in [0.15, 0.2) is 65.3 Å². The van der Waals surface area contributed by atoms with Crippen LogP contribution in [0.25, 0.3) is 16.8 Å². The molecule has 0 atom stereocenters. The van der Waals surface area contributed by atoms with Crippen LogP contribution in [0.4, 0.5) is 0 Å². The average Bonchev–Trinajstić information content (AvgIpc) is 3.10. The van der Waals surface area contributed by atoms with Crippen molar-refractivity contribution in [1.29, 1.82) is 0 Å². The maximum atomic E-state index is 12.4. The van der Waals surface area contributed by atoms with E-state index in [0.29, 0.717) is 35.3 Å². The van der Waals surface area contributed by atoms with Gasteiger partial charge in [0, 0.05) is 5.56 Å². The molecule has 0 saturated heterocycles. The second-order valence-electron chi connectivity index (χ2n) is 6.59. The van der Waals surface area contributed by atoms with Crippen molar-refractivity contribution in [2.75, 3.05) is 13.2 Å². The van der Waals surface area contributed by atoms with Crippen molar-refractivity contribution >= 4 is 40.3 Å². The molecule has 0 amide bonds. The standard InChI is InChI=1S/C24H20ClNO4/c1-3-28-21-13-15(11-19(25)22(21)29-4-2)12-20-24(27)30-23(26-20)18-10-9-16-7-5-6-8-17(16)14-18/h5-14H,3-4H2,1-2H3/b20-12-. The number of ether oxygens (including phenoxy) is 3. The average molecular weight is 422 g/mol. The van der Waals surface area contributed by atoms with Gasteiger partial charge in [-0.3, -0.25) is 0 Å². The molecule has 0 aromatic heterocycles. The SMILES string of the molecule is CCOc1cc(/C=C2\N=C(c3ccc4ccccc4c3)OC2=O)cc(Cl)c1OCC. The summed E-state index contributed by atoms with van der Waals surface area (Å²) in [5.74, 6) is 0.765. The summed E-state index contributed by atoms with van der Waals surface area (Å²) >= 11 is 6.36. The van der Waals surface area contributed by atoms with Gasteiger partial charge in [-0.05, 0) is 60.5 Å². The summed E-state index contributed by atoms with van der Waals surface area (Å²) in [7, 11) is 0. The lowest BCUT2D eigenvalue weighted by Crippen LogP contribution is -2.05. The lowest BCUT2D eigenvalue weighted by atomic mass is 10.1. The molecule has 0 unspecified atom stereocenters. The van der Waals surface area contributed by atoms with Crippen molar-refractivity contribution < 1.29 is 19.0 Å². The highest BCUT2D eigenvalue weighted by molar-refractivity contribution is 6.32. The van der Waals surface area contributed by atoms with E-state index in [9.17, 15) is 4.79 Å². The number of esters is 1. The monoisotopic (exact) mass is 421 g/mol. The van der Waals surface area contributed by atoms with Crippen LogP contribution in [-0.2, 0) is 9.53 Å². The molecule has 1 aliphatic heterocycles. The minimum atomic E-state index is -0.513. The molecule has 0 spiro atoms. The normalized spacial score (nSPS) is 14.7. The zero-order valence-corrected chi connectivity index (χ0v) is 17.4. The molecule has 0 bridgehead atoms. The molecule has 0 radical (unpaired) electrons. The number of carbonyl (C=O) groups excluding carboxylic acids is 1. The molecule has 5 nitrogen and oxygen atoms in total. The van der Waals surface area contributed by atoms with Crippen LogP contribution >= 0.6 is 11.6 Å². The second kappa shape index (κ2) is 8.59. The fraction of sp³-hybridized carbons (Fsp3) is 0.167. The Bertz CT molecular complexity index is 1180. The molecule has 3 aromatic rings. The number of aliphatic imine (C=N–C) groups is 1. The molecule has 0 saturated carbocycles. The first kappa shape index (κ1) is 20.0. The molecule has 152 valence electrons. The molecule has 1 heterocycles. The summed E-state index contributed by atoms with van der Waals surface area (Å²) in [4.78, 5) is 16.8. The van der Waals surface area contributed by atoms with Crippen LogP contribution in [0.2, 0.25) is 5.02 Å². The summed E-state index contributed by atoms with van der Waals surface area (Å²) in [6.45, 7) is 4.68. The molecule has 0 aliphatic carbocycles. The highest BCUT2D eigenvalue weighted by atomic mass is 35.5. The van der Waals surface area contributed by atoms with E-state index in [1.165, 1.54) is 0 Å². The molecule has 30 heavy (non-hydrogen) atoms. The van der Waals surface area contributed by atoms with Gasteiger partial charge in [0.15, 0.2) is 17.2 Å². The van der Waals surface area contributed by atoms with Crippen LogP contribution < -0.4 is 9.47 Å². The second-order valence-corrected chi connectivity index (χ2v) is 7.00. The predicted octanol–water partition coefficient (Wildman–Crippen LogP) is 5.64. The van der Waals surface area contributed by atoms with Gasteiger partial charge in [0.05, 0.1) is 18.2 Å². The van der Waals surface area contributed by atoms with Crippen LogP contribution in [0.3, 0.4) is 0 Å². The van der Waals surface area contributed by atoms with Gasteiger partial charge in [-0.25, -0.2) is 9.79 Å². The number of benzene rings is 3. The molecule has 3 aromatic carbocycles. The molecule has 0 fully saturated rings. The number of halogens is 1. The Balaban J connectivity index is 1.69. The quantitative estimate of drug-likeness (QED) is 0.382. The molecule has 4 rings (SSSR count). The fourth-order valence-corrected chi connectivity index (χ4v) is 3.51. The van der Waals surface area contributed by atoms with Gasteiger partial charge in [-0.15, -0.1) is 0 Å². The van der Waals surface area contributed by atoms with Crippen molar-refractivity contribution in [3.63, 3.8) is 0 Å². The van der Waals surface area contributed by atoms with Gasteiger partial charge >= 0.3 is 5.97 Å². The Morgan fingerprint density at radius 3 is 2.53 bits per heavy atom. The molecular weight excluding hydrogens is 402 g/mol. The van der Waals surface area contributed by atoms with Gasteiger partial charge in [0.2, 0.25) is 5.90 Å². The number of nitrogens with zero attached hydrogens (tertiary/aromatic N) is 1. The number of rotatable bonds is 6. The van der Waals surface area contributed by atoms with Crippen molar-refractivity contribution in [2.45, 2.75) is 13.8 Å². The summed E-state index contributed by atoms with van der Waals surface area (Å²) in [5, 5.41) is 2.56. The van der Waals surface area contributed by atoms with Gasteiger partial charge in [-0.2, -0.15) is 0 Å². The smallest absolute Gasteiger partial charge is 0.363 e. The predicted molar refractivity (Wildman–Crippen MR) is 118 cm³/mol. The van der Waals surface area contributed by atoms with Crippen molar-refractivity contribution in [3.8, 4) is 11.5 Å². The molecule has 0 N–H and O–H groups in total. The van der Waals surface area contributed by atoms with E-state index in [-0.39, 0.29) is 11.6 Å². The number of cyclic esters (lactones) is 1. The van der Waals surface area contributed by atoms with Gasteiger partial charge < -0.3 is 14.2 Å². The van der Waals surface area contributed by atoms with E-state index >= 15 is 0 Å². The van der Waals surface area contributed by atoms with Crippen LogP contribution in [-0.4, -0.2) is 25.1 Å². The highest BCUT2D eigenvalue weighted by Crippen LogP contribution is 2.37. The Hall–Kier alpha value is -3.31. The maximum Gasteiger partial charge on any atom is 0.363 e. The van der Waals surface area contributed by atoms with Crippen molar-refractivity contribution in [2.24, 2.45) is 4.99 Å². The summed E-state index contributed by atoms with van der Waals surface area (Å²) < 4.78 is 16.6. The number of hydrogen-bond donors (Lipinski definition) is 0. The first-order valence-electron chi connectivity index (χ1n) is 9.70. The maximum absolute atomic E-state index is 12.4. The zero-order valence-electron chi connectivity index (χ0n) is 16.6. The Labute approximate surface area is 179 Å². The Morgan fingerprint density at radius 1 is 1.00 bits per heavy atom. The van der Waals surface area contributed by atoms with Crippen LogP contribution in [0.5, 0.6) is 11.5 Å². The Morgan fingerprint density at radius 2 is 1.77 bits per heavy atom. The fourth-order valence-electron chi connectivity index (χ4n) is 3.23. The van der Waals surface area contributed by atoms with Gasteiger partial charge in [0.1, 0.15) is 0 Å².